The van der Waals surface area contributed by atoms with Gasteiger partial charge >= 0.3 is 5.97 Å². The molecule has 0 aromatic rings. The highest BCUT2D eigenvalue weighted by molar-refractivity contribution is 5.81. The average Bonchev–Trinajstić information content (AvgIpc) is 2.22. The van der Waals surface area contributed by atoms with Crippen LogP contribution < -0.4 is 0 Å². The molecule has 1 amide bonds. The number of carbonyl (C=O) groups is 2. The number of hydrogen-bond acceptors (Lipinski definition) is 3. The Kier molecular flexibility index (Phi) is 7.54. The lowest BCUT2D eigenvalue weighted by Crippen LogP contribution is -2.40. The van der Waals surface area contributed by atoms with Gasteiger partial charge in [-0.15, -0.1) is 0 Å². The first-order valence-corrected chi connectivity index (χ1v) is 6.01. The molecule has 1 atom stereocenters. The molecule has 1 unspecified atom stereocenters. The Balaban J connectivity index is 4.34. The van der Waals surface area contributed by atoms with Crippen LogP contribution in [-0.2, 0) is 9.59 Å². The van der Waals surface area contributed by atoms with E-state index in [0.717, 1.165) is 6.42 Å². The van der Waals surface area contributed by atoms with Crippen molar-refractivity contribution in [3.05, 3.63) is 0 Å². The van der Waals surface area contributed by atoms with Crippen LogP contribution >= 0.6 is 0 Å². The second-order valence-corrected chi connectivity index (χ2v) is 4.73. The smallest absolute Gasteiger partial charge is 0.323 e. The number of carbonyl (C=O) groups excluding carboxylic acids is 1. The minimum atomic E-state index is -0.957. The van der Waals surface area contributed by atoms with Gasteiger partial charge in [-0.25, -0.2) is 0 Å². The summed E-state index contributed by atoms with van der Waals surface area (Å²) in [5.74, 6) is -0.719. The number of carboxylic acid groups (broad SMARTS) is 1. The van der Waals surface area contributed by atoms with Crippen molar-refractivity contribution in [2.45, 2.75) is 26.7 Å². The molecule has 0 rings (SSSR count). The molecule has 0 aliphatic heterocycles. The van der Waals surface area contributed by atoms with Crippen molar-refractivity contribution in [1.82, 2.24) is 9.80 Å². The molecule has 0 saturated carbocycles. The molecule has 0 radical (unpaired) electrons. The summed E-state index contributed by atoms with van der Waals surface area (Å²) in [6.45, 7) is 4.97. The molecule has 5 heteroatoms. The van der Waals surface area contributed by atoms with Crippen LogP contribution in [0.5, 0.6) is 0 Å². The van der Waals surface area contributed by atoms with E-state index in [-0.39, 0.29) is 12.5 Å². The van der Waals surface area contributed by atoms with Crippen LogP contribution in [0, 0.1) is 5.92 Å². The third kappa shape index (κ3) is 7.74. The van der Waals surface area contributed by atoms with Crippen molar-refractivity contribution in [3.63, 3.8) is 0 Å². The molecule has 0 aliphatic carbocycles. The maximum atomic E-state index is 11.9. The summed E-state index contributed by atoms with van der Waals surface area (Å²) in [7, 11) is 3.80. The minimum absolute atomic E-state index is 0.0661. The number of carboxylic acids is 1. The van der Waals surface area contributed by atoms with Gasteiger partial charge in [0.2, 0.25) is 5.91 Å². The Labute approximate surface area is 103 Å². The standard InChI is InChI=1S/C12H24N2O3/c1-5-10(2)8-11(15)14(9-12(16)17)7-6-13(3)4/h10H,5-9H2,1-4H3,(H,16,17). The van der Waals surface area contributed by atoms with Crippen molar-refractivity contribution in [2.24, 2.45) is 5.92 Å². The third-order valence-corrected chi connectivity index (χ3v) is 2.72. The fourth-order valence-corrected chi connectivity index (χ4v) is 1.35. The minimum Gasteiger partial charge on any atom is -0.480 e. The quantitative estimate of drug-likeness (QED) is 0.689. The van der Waals surface area contributed by atoms with E-state index in [1.165, 1.54) is 4.90 Å². The van der Waals surface area contributed by atoms with Crippen molar-refractivity contribution in [3.8, 4) is 0 Å². The zero-order valence-corrected chi connectivity index (χ0v) is 11.3. The normalized spacial score (nSPS) is 12.5. The van der Waals surface area contributed by atoms with Crippen molar-refractivity contribution < 1.29 is 14.7 Å². The summed E-state index contributed by atoms with van der Waals surface area (Å²) in [5, 5.41) is 8.78. The topological polar surface area (TPSA) is 60.9 Å². The molecule has 17 heavy (non-hydrogen) atoms. The van der Waals surface area contributed by atoms with Crippen molar-refractivity contribution >= 4 is 11.9 Å². The number of amides is 1. The van der Waals surface area contributed by atoms with E-state index in [2.05, 4.69) is 0 Å². The second-order valence-electron chi connectivity index (χ2n) is 4.73. The molecule has 0 aliphatic rings. The molecule has 1 N–H and O–H groups in total. The number of hydrogen-bond donors (Lipinski definition) is 1. The van der Waals surface area contributed by atoms with Gasteiger partial charge in [0.1, 0.15) is 6.54 Å². The number of likely N-dealkylation sites (N-methyl/N-ethyl adjacent to an activating group) is 1. The van der Waals surface area contributed by atoms with Crippen LogP contribution in [0.4, 0.5) is 0 Å². The Morgan fingerprint density at radius 1 is 1.24 bits per heavy atom. The van der Waals surface area contributed by atoms with Gasteiger partial charge in [-0.2, -0.15) is 0 Å². The van der Waals surface area contributed by atoms with Crippen LogP contribution in [0.1, 0.15) is 26.7 Å². The number of rotatable bonds is 8. The summed E-state index contributed by atoms with van der Waals surface area (Å²) in [6.07, 6.45) is 1.36. The SMILES string of the molecule is CCC(C)CC(=O)N(CCN(C)C)CC(=O)O. The van der Waals surface area contributed by atoms with Gasteiger partial charge in [0.25, 0.3) is 0 Å². The summed E-state index contributed by atoms with van der Waals surface area (Å²) in [6, 6.07) is 0. The average molecular weight is 244 g/mol. The van der Waals surface area contributed by atoms with E-state index in [1.54, 1.807) is 0 Å². The molecule has 0 saturated heterocycles. The van der Waals surface area contributed by atoms with Gasteiger partial charge in [0.05, 0.1) is 0 Å². The summed E-state index contributed by atoms with van der Waals surface area (Å²) in [4.78, 5) is 26.0. The molecule has 0 heterocycles. The first-order chi connectivity index (χ1) is 7.86. The monoisotopic (exact) mass is 244 g/mol. The van der Waals surface area contributed by atoms with Gasteiger partial charge in [0.15, 0.2) is 0 Å². The summed E-state index contributed by atoms with van der Waals surface area (Å²) in [5.41, 5.74) is 0. The highest BCUT2D eigenvalue weighted by Gasteiger charge is 2.18. The molecule has 0 aromatic carbocycles. The lowest BCUT2D eigenvalue weighted by atomic mass is 10.0. The predicted octanol–water partition coefficient (Wildman–Crippen LogP) is 0.897. The van der Waals surface area contributed by atoms with E-state index in [9.17, 15) is 9.59 Å². The first-order valence-electron chi connectivity index (χ1n) is 6.01. The number of nitrogens with zero attached hydrogens (tertiary/aromatic N) is 2. The first kappa shape index (κ1) is 15.9. The van der Waals surface area contributed by atoms with Crippen LogP contribution in [0.2, 0.25) is 0 Å². The molecule has 0 bridgehead atoms. The van der Waals surface area contributed by atoms with E-state index in [0.29, 0.717) is 25.4 Å². The van der Waals surface area contributed by atoms with Gasteiger partial charge in [-0.05, 0) is 20.0 Å². The van der Waals surface area contributed by atoms with E-state index >= 15 is 0 Å². The van der Waals surface area contributed by atoms with Crippen molar-refractivity contribution in [1.29, 1.82) is 0 Å². The largest absolute Gasteiger partial charge is 0.480 e. The predicted molar refractivity (Wildman–Crippen MR) is 66.8 cm³/mol. The zero-order valence-electron chi connectivity index (χ0n) is 11.3. The molecule has 0 aromatic heterocycles. The highest BCUT2D eigenvalue weighted by Crippen LogP contribution is 2.09. The van der Waals surface area contributed by atoms with Gasteiger partial charge in [0, 0.05) is 19.5 Å². The van der Waals surface area contributed by atoms with Crippen LogP contribution in [0.15, 0.2) is 0 Å². The molecule has 5 nitrogen and oxygen atoms in total. The third-order valence-electron chi connectivity index (χ3n) is 2.72. The summed E-state index contributed by atoms with van der Waals surface area (Å²) >= 11 is 0. The Morgan fingerprint density at radius 2 is 1.82 bits per heavy atom. The molecular formula is C12H24N2O3. The fraction of sp³-hybridized carbons (Fsp3) is 0.833. The zero-order chi connectivity index (χ0) is 13.4. The molecule has 100 valence electrons. The highest BCUT2D eigenvalue weighted by atomic mass is 16.4. The Bertz CT molecular complexity index is 254. The van der Waals surface area contributed by atoms with E-state index in [1.807, 2.05) is 32.8 Å². The maximum absolute atomic E-state index is 11.9. The van der Waals surface area contributed by atoms with Gasteiger partial charge in [-0.1, -0.05) is 20.3 Å². The lowest BCUT2D eigenvalue weighted by molar-refractivity contribution is -0.144. The van der Waals surface area contributed by atoms with Gasteiger partial charge < -0.3 is 14.9 Å². The maximum Gasteiger partial charge on any atom is 0.323 e. The Morgan fingerprint density at radius 3 is 2.24 bits per heavy atom. The van der Waals surface area contributed by atoms with Crippen LogP contribution in [0.3, 0.4) is 0 Å². The van der Waals surface area contributed by atoms with Gasteiger partial charge in [-0.3, -0.25) is 9.59 Å². The van der Waals surface area contributed by atoms with Crippen LogP contribution in [-0.4, -0.2) is 60.5 Å². The molecule has 0 spiro atoms. The summed E-state index contributed by atoms with van der Waals surface area (Å²) < 4.78 is 0. The Hall–Kier alpha value is -1.10. The van der Waals surface area contributed by atoms with E-state index < -0.39 is 5.97 Å². The van der Waals surface area contributed by atoms with Crippen LogP contribution in [0.25, 0.3) is 0 Å². The fourth-order valence-electron chi connectivity index (χ4n) is 1.35. The molecule has 0 fully saturated rings. The van der Waals surface area contributed by atoms with E-state index in [4.69, 9.17) is 5.11 Å². The lowest BCUT2D eigenvalue weighted by Gasteiger charge is -2.23. The molecular weight excluding hydrogens is 220 g/mol. The van der Waals surface area contributed by atoms with Crippen molar-refractivity contribution in [2.75, 3.05) is 33.7 Å². The second kappa shape index (κ2) is 8.06. The number of aliphatic carboxylic acids is 1.